The van der Waals surface area contributed by atoms with Crippen LogP contribution in [0.25, 0.3) is 0 Å². The van der Waals surface area contributed by atoms with Crippen molar-refractivity contribution in [3.05, 3.63) is 34.9 Å². The molecule has 0 heterocycles. The average Bonchev–Trinajstić information content (AvgIpc) is 2.24. The molecule has 0 saturated heterocycles. The second kappa shape index (κ2) is 5.92. The number of halogens is 2. The van der Waals surface area contributed by atoms with Crippen molar-refractivity contribution in [1.29, 1.82) is 0 Å². The van der Waals surface area contributed by atoms with Crippen molar-refractivity contribution in [2.24, 2.45) is 0 Å². The van der Waals surface area contributed by atoms with E-state index in [2.05, 4.69) is 0 Å². The van der Waals surface area contributed by atoms with Crippen molar-refractivity contribution >= 4 is 0 Å². The fourth-order valence-corrected chi connectivity index (χ4v) is 1.55. The van der Waals surface area contributed by atoms with Crippen LogP contribution in [0, 0.1) is 18.6 Å². The van der Waals surface area contributed by atoms with Crippen molar-refractivity contribution in [3.8, 4) is 0 Å². The first-order chi connectivity index (χ1) is 7.57. The summed E-state index contributed by atoms with van der Waals surface area (Å²) in [6.07, 6.45) is -0.273. The van der Waals surface area contributed by atoms with E-state index < -0.39 is 17.7 Å². The fourth-order valence-electron chi connectivity index (χ4n) is 1.55. The maximum atomic E-state index is 13.6. The number of methoxy groups -OCH3 is 1. The van der Waals surface area contributed by atoms with Gasteiger partial charge in [0.15, 0.2) is 0 Å². The highest BCUT2D eigenvalue weighted by Crippen LogP contribution is 2.26. The molecule has 4 heteroatoms. The highest BCUT2D eigenvalue weighted by molar-refractivity contribution is 5.28. The summed E-state index contributed by atoms with van der Waals surface area (Å²) in [7, 11) is 1.54. The maximum Gasteiger partial charge on any atom is 0.134 e. The zero-order chi connectivity index (χ0) is 12.1. The first-order valence-corrected chi connectivity index (χ1v) is 5.19. The van der Waals surface area contributed by atoms with Gasteiger partial charge in [-0.15, -0.1) is 0 Å². The number of ether oxygens (including phenoxy) is 1. The summed E-state index contributed by atoms with van der Waals surface area (Å²) in [6, 6.07) is 2.53. The molecule has 1 aromatic carbocycles. The summed E-state index contributed by atoms with van der Waals surface area (Å²) >= 11 is 0. The molecule has 0 aromatic heterocycles. The minimum absolute atomic E-state index is 0.240. The lowest BCUT2D eigenvalue weighted by Gasteiger charge is -2.13. The lowest BCUT2D eigenvalue weighted by Crippen LogP contribution is -2.06. The monoisotopic (exact) mass is 230 g/mol. The lowest BCUT2D eigenvalue weighted by molar-refractivity contribution is 0.130. The molecule has 16 heavy (non-hydrogen) atoms. The Hall–Kier alpha value is -1.00. The van der Waals surface area contributed by atoms with E-state index in [-0.39, 0.29) is 12.0 Å². The topological polar surface area (TPSA) is 29.5 Å². The zero-order valence-electron chi connectivity index (χ0n) is 9.46. The summed E-state index contributed by atoms with van der Waals surface area (Å²) in [5, 5.41) is 9.70. The standard InChI is InChI=1S/C12H16F2O2/c1-8-5-6-9(13)11(12(8)14)10(15)4-3-7-16-2/h5-6,10,15H,3-4,7H2,1-2H3. The van der Waals surface area contributed by atoms with Crippen LogP contribution in [0.1, 0.15) is 30.1 Å². The van der Waals surface area contributed by atoms with Gasteiger partial charge in [0.25, 0.3) is 0 Å². The largest absolute Gasteiger partial charge is 0.388 e. The average molecular weight is 230 g/mol. The minimum atomic E-state index is -1.12. The van der Waals surface area contributed by atoms with E-state index in [0.29, 0.717) is 18.6 Å². The Bertz CT molecular complexity index is 353. The molecular weight excluding hydrogens is 214 g/mol. The van der Waals surface area contributed by atoms with Crippen LogP contribution in [0.4, 0.5) is 8.78 Å². The van der Waals surface area contributed by atoms with Gasteiger partial charge >= 0.3 is 0 Å². The normalized spacial score (nSPS) is 12.8. The van der Waals surface area contributed by atoms with Crippen LogP contribution in [-0.4, -0.2) is 18.8 Å². The van der Waals surface area contributed by atoms with Crippen molar-refractivity contribution < 1.29 is 18.6 Å². The van der Waals surface area contributed by atoms with Crippen LogP contribution < -0.4 is 0 Å². The van der Waals surface area contributed by atoms with Gasteiger partial charge in [0, 0.05) is 13.7 Å². The van der Waals surface area contributed by atoms with Gasteiger partial charge in [-0.05, 0) is 31.4 Å². The maximum absolute atomic E-state index is 13.6. The van der Waals surface area contributed by atoms with Crippen LogP contribution in [0.2, 0.25) is 0 Å². The molecule has 0 saturated carbocycles. The van der Waals surface area contributed by atoms with E-state index in [1.807, 2.05) is 0 Å². The van der Waals surface area contributed by atoms with Gasteiger partial charge in [0.2, 0.25) is 0 Å². The van der Waals surface area contributed by atoms with Gasteiger partial charge in [0.1, 0.15) is 11.6 Å². The molecule has 0 bridgehead atoms. The number of hydrogen-bond donors (Lipinski definition) is 1. The Labute approximate surface area is 93.9 Å². The third-order valence-corrected chi connectivity index (χ3v) is 2.48. The summed E-state index contributed by atoms with van der Waals surface area (Å²) in [5.74, 6) is -1.36. The van der Waals surface area contributed by atoms with Crippen LogP contribution >= 0.6 is 0 Å². The van der Waals surface area contributed by atoms with Gasteiger partial charge in [-0.2, -0.15) is 0 Å². The van der Waals surface area contributed by atoms with Crippen molar-refractivity contribution in [2.75, 3.05) is 13.7 Å². The second-order valence-corrected chi connectivity index (χ2v) is 3.74. The number of hydrogen-bond acceptors (Lipinski definition) is 2. The molecule has 1 atom stereocenters. The van der Waals surface area contributed by atoms with Crippen molar-refractivity contribution in [1.82, 2.24) is 0 Å². The lowest BCUT2D eigenvalue weighted by atomic mass is 10.0. The first kappa shape index (κ1) is 13.1. The van der Waals surface area contributed by atoms with Gasteiger partial charge in [-0.3, -0.25) is 0 Å². The molecule has 1 rings (SSSR count). The van der Waals surface area contributed by atoms with E-state index in [4.69, 9.17) is 4.74 Å². The molecule has 1 unspecified atom stereocenters. The van der Waals surface area contributed by atoms with Crippen LogP contribution in [0.3, 0.4) is 0 Å². The molecular formula is C12H16F2O2. The highest BCUT2D eigenvalue weighted by Gasteiger charge is 2.18. The van der Waals surface area contributed by atoms with Gasteiger partial charge in [-0.1, -0.05) is 6.07 Å². The van der Waals surface area contributed by atoms with E-state index >= 15 is 0 Å². The van der Waals surface area contributed by atoms with E-state index in [1.54, 1.807) is 14.0 Å². The molecule has 1 N–H and O–H groups in total. The summed E-state index contributed by atoms with van der Waals surface area (Å²) in [4.78, 5) is 0. The number of aryl methyl sites for hydroxylation is 1. The van der Waals surface area contributed by atoms with E-state index in [9.17, 15) is 13.9 Å². The van der Waals surface area contributed by atoms with Crippen LogP contribution in [0.15, 0.2) is 12.1 Å². The Balaban J connectivity index is 2.81. The van der Waals surface area contributed by atoms with E-state index in [0.717, 1.165) is 0 Å². The predicted octanol–water partition coefficient (Wildman–Crippen LogP) is 2.73. The number of benzene rings is 1. The third kappa shape index (κ3) is 3.00. The first-order valence-electron chi connectivity index (χ1n) is 5.19. The van der Waals surface area contributed by atoms with Gasteiger partial charge in [0.05, 0.1) is 11.7 Å². The molecule has 0 fully saturated rings. The SMILES string of the molecule is COCCCC(O)c1c(F)ccc(C)c1F. The number of rotatable bonds is 5. The van der Waals surface area contributed by atoms with E-state index in [1.165, 1.54) is 12.1 Å². The molecule has 90 valence electrons. The molecule has 0 aliphatic rings. The molecule has 2 nitrogen and oxygen atoms in total. The zero-order valence-corrected chi connectivity index (χ0v) is 9.46. The van der Waals surface area contributed by atoms with Gasteiger partial charge in [-0.25, -0.2) is 8.78 Å². The molecule has 0 aliphatic carbocycles. The molecule has 1 aromatic rings. The second-order valence-electron chi connectivity index (χ2n) is 3.74. The Morgan fingerprint density at radius 3 is 2.69 bits per heavy atom. The summed E-state index contributed by atoms with van der Waals surface area (Å²) < 4.78 is 31.8. The summed E-state index contributed by atoms with van der Waals surface area (Å²) in [6.45, 7) is 2.01. The molecule has 0 spiro atoms. The Morgan fingerprint density at radius 2 is 2.06 bits per heavy atom. The smallest absolute Gasteiger partial charge is 0.134 e. The predicted molar refractivity (Wildman–Crippen MR) is 57.2 cm³/mol. The van der Waals surface area contributed by atoms with Crippen molar-refractivity contribution in [2.45, 2.75) is 25.9 Å². The van der Waals surface area contributed by atoms with Gasteiger partial charge < -0.3 is 9.84 Å². The van der Waals surface area contributed by atoms with Crippen LogP contribution in [-0.2, 0) is 4.74 Å². The number of aliphatic hydroxyl groups excluding tert-OH is 1. The molecule has 0 amide bonds. The number of aliphatic hydroxyl groups is 1. The fraction of sp³-hybridized carbons (Fsp3) is 0.500. The quantitative estimate of drug-likeness (QED) is 0.788. The van der Waals surface area contributed by atoms with Crippen LogP contribution in [0.5, 0.6) is 0 Å². The third-order valence-electron chi connectivity index (χ3n) is 2.48. The molecule has 0 aliphatic heterocycles. The minimum Gasteiger partial charge on any atom is -0.388 e. The molecule has 0 radical (unpaired) electrons. The summed E-state index contributed by atoms with van der Waals surface area (Å²) in [5.41, 5.74) is 0.0956. The Morgan fingerprint density at radius 1 is 1.38 bits per heavy atom. The van der Waals surface area contributed by atoms with Crippen molar-refractivity contribution in [3.63, 3.8) is 0 Å². The Kier molecular flexibility index (Phi) is 4.83. The highest BCUT2D eigenvalue weighted by atomic mass is 19.1.